The lowest BCUT2D eigenvalue weighted by Crippen LogP contribution is -2.24. The van der Waals surface area contributed by atoms with E-state index in [-0.39, 0.29) is 11.3 Å². The van der Waals surface area contributed by atoms with Crippen molar-refractivity contribution in [3.8, 4) is 0 Å². The number of nitrogens with one attached hydrogen (secondary N) is 1. The number of aryl methyl sites for hydroxylation is 2. The zero-order chi connectivity index (χ0) is 23.5. The fourth-order valence-electron chi connectivity index (χ4n) is 4.88. The summed E-state index contributed by atoms with van der Waals surface area (Å²) < 4.78 is 3.74. The number of nitrogens with zero attached hydrogens (tertiary/aromatic N) is 6. The molecule has 1 N–H and O–H groups in total. The molecule has 1 aliphatic heterocycles. The Hall–Kier alpha value is -3.26. The Bertz CT molecular complexity index is 1360. The van der Waals surface area contributed by atoms with Crippen molar-refractivity contribution in [1.29, 1.82) is 0 Å². The maximum absolute atomic E-state index is 12.9. The van der Waals surface area contributed by atoms with E-state index in [4.69, 9.17) is 4.98 Å². The van der Waals surface area contributed by atoms with Crippen molar-refractivity contribution < 1.29 is 4.79 Å². The second kappa shape index (κ2) is 7.66. The van der Waals surface area contributed by atoms with Gasteiger partial charge in [0.2, 0.25) is 0 Å². The number of anilines is 1. The number of rotatable bonds is 3. The second-order valence-electron chi connectivity index (χ2n) is 10.4. The molecule has 2 unspecified atom stereocenters. The minimum Gasteiger partial charge on any atom is -0.305 e. The van der Waals surface area contributed by atoms with Crippen molar-refractivity contribution in [2.45, 2.75) is 40.2 Å². The first-order valence-electron chi connectivity index (χ1n) is 11.4. The lowest BCUT2D eigenvalue weighted by molar-refractivity contribution is 0.102. The molecular weight excluding hydrogens is 414 g/mol. The number of amides is 1. The molecule has 0 saturated carbocycles. The summed E-state index contributed by atoms with van der Waals surface area (Å²) in [5.41, 5.74) is 4.55. The van der Waals surface area contributed by atoms with Crippen molar-refractivity contribution in [2.24, 2.45) is 18.4 Å². The Morgan fingerprint density at radius 2 is 1.97 bits per heavy atom. The molecule has 1 fully saturated rings. The van der Waals surface area contributed by atoms with Crippen LogP contribution in [0.25, 0.3) is 16.6 Å². The Morgan fingerprint density at radius 3 is 2.70 bits per heavy atom. The van der Waals surface area contributed by atoms with Crippen LogP contribution in [0.5, 0.6) is 0 Å². The Balaban J connectivity index is 1.37. The predicted molar refractivity (Wildman–Crippen MR) is 129 cm³/mol. The van der Waals surface area contributed by atoms with Crippen molar-refractivity contribution >= 4 is 28.3 Å². The van der Waals surface area contributed by atoms with Crippen LogP contribution in [-0.4, -0.2) is 48.5 Å². The standard InChI is InChI=1S/C25H31N7O/c1-15-18-8-7-16(9-20(18)31(6)29-15)24(33)28-22-14-32-13-19(27-23(32)11-26-22)21-10-17(12-30(21)5)25(2,3)4/h7-9,11,13-14,17,21H,10,12H2,1-6H3,(H,28,33). The minimum absolute atomic E-state index is 0.202. The van der Waals surface area contributed by atoms with E-state index in [9.17, 15) is 4.79 Å². The van der Waals surface area contributed by atoms with Gasteiger partial charge in [-0.15, -0.1) is 0 Å². The van der Waals surface area contributed by atoms with E-state index in [0.717, 1.165) is 40.9 Å². The van der Waals surface area contributed by atoms with Gasteiger partial charge < -0.3 is 9.72 Å². The number of fused-ring (bicyclic) bond motifs is 2. The van der Waals surface area contributed by atoms with E-state index in [0.29, 0.717) is 23.3 Å². The second-order valence-corrected chi connectivity index (χ2v) is 10.4. The number of likely N-dealkylation sites (tertiary alicyclic amines) is 1. The van der Waals surface area contributed by atoms with Crippen molar-refractivity contribution in [2.75, 3.05) is 18.9 Å². The molecule has 8 heteroatoms. The number of imidazole rings is 1. The summed E-state index contributed by atoms with van der Waals surface area (Å²) in [6.07, 6.45) is 6.69. The lowest BCUT2D eigenvalue weighted by atomic mass is 9.79. The fraction of sp³-hybridized carbons (Fsp3) is 0.440. The van der Waals surface area contributed by atoms with Gasteiger partial charge in [-0.2, -0.15) is 5.10 Å². The Labute approximate surface area is 193 Å². The molecule has 0 bridgehead atoms. The van der Waals surface area contributed by atoms with Crippen LogP contribution in [-0.2, 0) is 7.05 Å². The zero-order valence-electron chi connectivity index (χ0n) is 20.1. The summed E-state index contributed by atoms with van der Waals surface area (Å²) in [5, 5.41) is 8.39. The van der Waals surface area contributed by atoms with E-state index < -0.39 is 0 Å². The van der Waals surface area contributed by atoms with E-state index in [1.54, 1.807) is 10.9 Å². The molecular formula is C25H31N7O. The van der Waals surface area contributed by atoms with Crippen molar-refractivity contribution in [3.63, 3.8) is 0 Å². The lowest BCUT2D eigenvalue weighted by Gasteiger charge is -2.26. The molecule has 4 heterocycles. The fourth-order valence-corrected chi connectivity index (χ4v) is 4.88. The summed E-state index contributed by atoms with van der Waals surface area (Å²) in [7, 11) is 4.06. The Kier molecular flexibility index (Phi) is 5.01. The quantitative estimate of drug-likeness (QED) is 0.511. The molecule has 1 amide bonds. The first-order valence-corrected chi connectivity index (χ1v) is 11.4. The molecule has 1 aromatic carbocycles. The zero-order valence-corrected chi connectivity index (χ0v) is 20.1. The average Bonchev–Trinajstić information content (AvgIpc) is 3.42. The molecule has 1 saturated heterocycles. The summed E-state index contributed by atoms with van der Waals surface area (Å²) in [6.45, 7) is 9.96. The molecule has 0 spiro atoms. The molecule has 4 aromatic rings. The van der Waals surface area contributed by atoms with Crippen molar-refractivity contribution in [1.82, 2.24) is 29.0 Å². The number of carbonyl (C=O) groups is 1. The van der Waals surface area contributed by atoms with Gasteiger partial charge in [-0.1, -0.05) is 26.8 Å². The number of aromatic nitrogens is 5. The van der Waals surface area contributed by atoms with Gasteiger partial charge in [0.25, 0.3) is 5.91 Å². The summed E-state index contributed by atoms with van der Waals surface area (Å²) in [4.78, 5) is 24.5. The van der Waals surface area contributed by atoms with Crippen LogP contribution in [0.15, 0.2) is 36.8 Å². The van der Waals surface area contributed by atoms with Crippen LogP contribution in [0, 0.1) is 18.3 Å². The maximum Gasteiger partial charge on any atom is 0.256 e. The van der Waals surface area contributed by atoms with E-state index in [1.807, 2.05) is 42.8 Å². The average molecular weight is 446 g/mol. The highest BCUT2D eigenvalue weighted by Gasteiger charge is 2.38. The topological polar surface area (TPSA) is 80.4 Å². The molecule has 33 heavy (non-hydrogen) atoms. The van der Waals surface area contributed by atoms with Gasteiger partial charge in [-0.25, -0.2) is 9.97 Å². The SMILES string of the molecule is Cc1nn(C)c2cc(C(=O)Nc3cn4cc(C5CC(C(C)(C)C)CN5C)nc4cn3)ccc12. The third-order valence-corrected chi connectivity index (χ3v) is 7.01. The summed E-state index contributed by atoms with van der Waals surface area (Å²) in [6, 6.07) is 5.91. The minimum atomic E-state index is -0.202. The molecule has 1 aliphatic rings. The van der Waals surface area contributed by atoms with Gasteiger partial charge >= 0.3 is 0 Å². The van der Waals surface area contributed by atoms with Gasteiger partial charge in [0.1, 0.15) is 5.82 Å². The van der Waals surface area contributed by atoms with Gasteiger partial charge in [0.15, 0.2) is 5.65 Å². The summed E-state index contributed by atoms with van der Waals surface area (Å²) >= 11 is 0. The highest BCUT2D eigenvalue weighted by Crippen LogP contribution is 2.42. The van der Waals surface area contributed by atoms with E-state index >= 15 is 0 Å². The third-order valence-electron chi connectivity index (χ3n) is 7.01. The molecule has 8 nitrogen and oxygen atoms in total. The first kappa shape index (κ1) is 21.6. The molecule has 5 rings (SSSR count). The first-order chi connectivity index (χ1) is 15.6. The van der Waals surface area contributed by atoms with Gasteiger partial charge in [0, 0.05) is 30.7 Å². The summed E-state index contributed by atoms with van der Waals surface area (Å²) in [5.74, 6) is 0.919. The largest absolute Gasteiger partial charge is 0.305 e. The van der Waals surface area contributed by atoms with E-state index in [2.05, 4.69) is 54.3 Å². The maximum atomic E-state index is 12.9. The monoisotopic (exact) mass is 445 g/mol. The number of hydrogen-bond acceptors (Lipinski definition) is 5. The Morgan fingerprint density at radius 1 is 1.18 bits per heavy atom. The van der Waals surface area contributed by atoms with Crippen LogP contribution in [0.1, 0.15) is 55.0 Å². The number of benzene rings is 1. The molecule has 3 aromatic heterocycles. The van der Waals surface area contributed by atoms with Gasteiger partial charge in [0.05, 0.1) is 35.3 Å². The normalized spacial score (nSPS) is 19.6. The van der Waals surface area contributed by atoms with Gasteiger partial charge in [-0.3, -0.25) is 14.4 Å². The third kappa shape index (κ3) is 3.88. The van der Waals surface area contributed by atoms with E-state index in [1.165, 1.54) is 0 Å². The highest BCUT2D eigenvalue weighted by molar-refractivity contribution is 6.05. The predicted octanol–water partition coefficient (Wildman–Crippen LogP) is 4.22. The molecule has 0 aliphatic carbocycles. The molecule has 172 valence electrons. The van der Waals surface area contributed by atoms with Crippen LogP contribution in [0.3, 0.4) is 0 Å². The number of carbonyl (C=O) groups excluding carboxylic acids is 1. The van der Waals surface area contributed by atoms with Crippen LogP contribution >= 0.6 is 0 Å². The number of hydrogen-bond donors (Lipinski definition) is 1. The molecule has 0 radical (unpaired) electrons. The smallest absolute Gasteiger partial charge is 0.256 e. The van der Waals surface area contributed by atoms with Crippen molar-refractivity contribution in [3.05, 3.63) is 53.7 Å². The van der Waals surface area contributed by atoms with Crippen LogP contribution in [0.4, 0.5) is 5.82 Å². The van der Waals surface area contributed by atoms with Crippen LogP contribution in [0.2, 0.25) is 0 Å². The molecule has 2 atom stereocenters. The highest BCUT2D eigenvalue weighted by atomic mass is 16.1. The van der Waals surface area contributed by atoms with Gasteiger partial charge in [-0.05, 0) is 43.9 Å². The van der Waals surface area contributed by atoms with Crippen LogP contribution < -0.4 is 5.32 Å².